The molecule has 4 rings (SSSR count). The summed E-state index contributed by atoms with van der Waals surface area (Å²) in [6, 6.07) is 8.99. The zero-order valence-corrected chi connectivity index (χ0v) is 15.6. The van der Waals surface area contributed by atoms with Crippen LogP contribution in [0, 0.1) is 0 Å². The van der Waals surface area contributed by atoms with Gasteiger partial charge in [-0.05, 0) is 43.9 Å². The van der Waals surface area contributed by atoms with Crippen molar-refractivity contribution in [2.75, 3.05) is 6.61 Å². The van der Waals surface area contributed by atoms with Gasteiger partial charge in [-0.1, -0.05) is 18.2 Å². The van der Waals surface area contributed by atoms with E-state index in [4.69, 9.17) is 9.47 Å². The van der Waals surface area contributed by atoms with Gasteiger partial charge in [0, 0.05) is 11.9 Å². The van der Waals surface area contributed by atoms with Crippen molar-refractivity contribution in [2.24, 2.45) is 0 Å². The van der Waals surface area contributed by atoms with E-state index in [-0.39, 0.29) is 17.9 Å². The van der Waals surface area contributed by atoms with E-state index >= 15 is 0 Å². The van der Waals surface area contributed by atoms with E-state index in [2.05, 4.69) is 10.2 Å². The van der Waals surface area contributed by atoms with Crippen LogP contribution in [0.5, 0.6) is 11.5 Å². The number of carbonyl (C=O) groups is 1. The van der Waals surface area contributed by atoms with Crippen molar-refractivity contribution in [1.29, 1.82) is 0 Å². The number of aromatic nitrogens is 3. The summed E-state index contributed by atoms with van der Waals surface area (Å²) in [4.78, 5) is 25.1. The zero-order chi connectivity index (χ0) is 19.5. The van der Waals surface area contributed by atoms with Crippen molar-refractivity contribution in [3.63, 3.8) is 0 Å². The van der Waals surface area contributed by atoms with E-state index in [1.54, 1.807) is 29.8 Å². The molecule has 2 heterocycles. The third kappa shape index (κ3) is 3.55. The van der Waals surface area contributed by atoms with Gasteiger partial charge in [0.1, 0.15) is 11.3 Å². The summed E-state index contributed by atoms with van der Waals surface area (Å²) in [5.41, 5.74) is 2.76. The molecule has 28 heavy (non-hydrogen) atoms. The average Bonchev–Trinajstić information content (AvgIpc) is 3.30. The van der Waals surface area contributed by atoms with Crippen LogP contribution in [-0.4, -0.2) is 27.3 Å². The summed E-state index contributed by atoms with van der Waals surface area (Å²) in [5, 5.41) is 7.48. The van der Waals surface area contributed by atoms with Crippen molar-refractivity contribution >= 4 is 5.97 Å². The van der Waals surface area contributed by atoms with Crippen LogP contribution in [0.4, 0.5) is 0 Å². The number of nitrogens with zero attached hydrogens (tertiary/aromatic N) is 2. The summed E-state index contributed by atoms with van der Waals surface area (Å²) < 4.78 is 12.6. The number of pyridine rings is 1. The number of nitrogens with one attached hydrogen (secondary N) is 1. The Balaban J connectivity index is 1.72. The van der Waals surface area contributed by atoms with Crippen molar-refractivity contribution < 1.29 is 14.3 Å². The van der Waals surface area contributed by atoms with E-state index in [1.165, 1.54) is 17.5 Å². The number of aromatic amines is 1. The lowest BCUT2D eigenvalue weighted by Crippen LogP contribution is -2.21. The topological polar surface area (TPSA) is 86.2 Å². The predicted octanol–water partition coefficient (Wildman–Crippen LogP) is 3.08. The number of hydrogen-bond acceptors (Lipinski definition) is 5. The molecule has 3 aromatic rings. The van der Waals surface area contributed by atoms with Crippen molar-refractivity contribution in [3.05, 3.63) is 75.5 Å². The van der Waals surface area contributed by atoms with Crippen LogP contribution in [0.3, 0.4) is 0 Å². The van der Waals surface area contributed by atoms with E-state index in [1.807, 2.05) is 18.2 Å². The molecule has 0 spiro atoms. The van der Waals surface area contributed by atoms with Crippen LogP contribution in [0.1, 0.15) is 40.7 Å². The van der Waals surface area contributed by atoms with Gasteiger partial charge in [-0.15, -0.1) is 0 Å². The number of aryl methyl sites for hydroxylation is 1. The highest BCUT2D eigenvalue weighted by Crippen LogP contribution is 2.24. The number of H-pyrrole nitrogens is 1. The Morgan fingerprint density at radius 3 is 2.82 bits per heavy atom. The molecule has 1 aliphatic carbocycles. The Labute approximate surface area is 161 Å². The smallest absolute Gasteiger partial charge is 0.343 e. The van der Waals surface area contributed by atoms with Gasteiger partial charge in [0.15, 0.2) is 5.75 Å². The molecule has 0 aliphatic heterocycles. The van der Waals surface area contributed by atoms with E-state index in [0.29, 0.717) is 12.3 Å². The molecule has 1 aliphatic rings. The molecular weight excluding hydrogens is 358 g/mol. The number of fused-ring (bicyclic) bond motifs is 1. The first-order chi connectivity index (χ1) is 13.7. The Morgan fingerprint density at radius 2 is 2.04 bits per heavy atom. The van der Waals surface area contributed by atoms with Gasteiger partial charge in [-0.25, -0.2) is 4.79 Å². The summed E-state index contributed by atoms with van der Waals surface area (Å²) in [5.74, 6) is -0.0660. The van der Waals surface area contributed by atoms with Gasteiger partial charge < -0.3 is 14.0 Å². The van der Waals surface area contributed by atoms with Crippen LogP contribution >= 0.6 is 0 Å². The van der Waals surface area contributed by atoms with Crippen LogP contribution in [0.15, 0.2) is 47.5 Å². The summed E-state index contributed by atoms with van der Waals surface area (Å²) in [7, 11) is 0. The molecule has 0 atom stereocenters. The van der Waals surface area contributed by atoms with Crippen LogP contribution in [0.2, 0.25) is 0 Å². The number of para-hydroxylation sites is 1. The van der Waals surface area contributed by atoms with E-state index in [9.17, 15) is 9.59 Å². The quantitative estimate of drug-likeness (QED) is 0.665. The highest BCUT2D eigenvalue weighted by Gasteiger charge is 2.21. The number of ether oxygens (including phenoxy) is 2. The third-order valence-electron chi connectivity index (χ3n) is 4.74. The van der Waals surface area contributed by atoms with Gasteiger partial charge in [-0.2, -0.15) is 5.10 Å². The Kier molecular flexibility index (Phi) is 4.97. The molecule has 0 saturated carbocycles. The number of esters is 1. The number of hydrogen-bond donors (Lipinski definition) is 1. The second-order valence-corrected chi connectivity index (χ2v) is 6.65. The molecule has 1 aromatic carbocycles. The molecule has 7 nitrogen and oxygen atoms in total. The Morgan fingerprint density at radius 1 is 1.21 bits per heavy atom. The number of rotatable bonds is 6. The Hall–Kier alpha value is -3.35. The fraction of sp³-hybridized carbons (Fsp3) is 0.286. The van der Waals surface area contributed by atoms with Crippen LogP contribution in [0.25, 0.3) is 0 Å². The zero-order valence-electron chi connectivity index (χ0n) is 15.6. The van der Waals surface area contributed by atoms with Crippen LogP contribution in [-0.2, 0) is 24.1 Å². The number of carbonyl (C=O) groups excluding carboxylic acids is 1. The minimum Gasteiger partial charge on any atom is -0.462 e. The van der Waals surface area contributed by atoms with E-state index in [0.717, 1.165) is 25.0 Å². The molecule has 0 radical (unpaired) electrons. The van der Waals surface area contributed by atoms with Gasteiger partial charge in [0.2, 0.25) is 5.43 Å². The fourth-order valence-electron chi connectivity index (χ4n) is 3.43. The van der Waals surface area contributed by atoms with Gasteiger partial charge in [0.25, 0.3) is 0 Å². The molecule has 0 bridgehead atoms. The van der Waals surface area contributed by atoms with Crippen molar-refractivity contribution in [3.8, 4) is 11.5 Å². The predicted molar refractivity (Wildman–Crippen MR) is 103 cm³/mol. The highest BCUT2D eigenvalue weighted by atomic mass is 16.5. The SMILES string of the molecule is CCOC(=O)c1cn(Cc2n[nH]c3c2CCC3)cc(Oc2ccccc2)c1=O. The van der Waals surface area contributed by atoms with E-state index < -0.39 is 11.4 Å². The molecular formula is C21H21N3O4. The average molecular weight is 379 g/mol. The molecule has 0 fully saturated rings. The number of benzene rings is 1. The van der Waals surface area contributed by atoms with Crippen molar-refractivity contribution in [1.82, 2.24) is 14.8 Å². The lowest BCUT2D eigenvalue weighted by molar-refractivity contribution is 0.0523. The standard InChI is InChI=1S/C21H21N3O4/c1-2-27-21(26)16-11-24(12-18-15-9-6-10-17(15)22-23-18)13-19(20(16)25)28-14-7-4-3-5-8-14/h3-5,7-8,11,13H,2,6,9-10,12H2,1H3,(H,22,23). The largest absolute Gasteiger partial charge is 0.462 e. The first kappa shape index (κ1) is 18.0. The van der Waals surface area contributed by atoms with Gasteiger partial charge in [-0.3, -0.25) is 9.89 Å². The second kappa shape index (κ2) is 7.72. The van der Waals surface area contributed by atoms with Gasteiger partial charge >= 0.3 is 5.97 Å². The first-order valence-corrected chi connectivity index (χ1v) is 9.34. The third-order valence-corrected chi connectivity index (χ3v) is 4.74. The monoisotopic (exact) mass is 379 g/mol. The molecule has 0 amide bonds. The maximum absolute atomic E-state index is 12.8. The minimum atomic E-state index is -0.660. The molecule has 1 N–H and O–H groups in total. The minimum absolute atomic E-state index is 0.0533. The molecule has 7 heteroatoms. The molecule has 0 unspecified atom stereocenters. The summed E-state index contributed by atoms with van der Waals surface area (Å²) in [6.07, 6.45) is 6.21. The lowest BCUT2D eigenvalue weighted by Gasteiger charge is -2.12. The molecule has 144 valence electrons. The van der Waals surface area contributed by atoms with Gasteiger partial charge in [0.05, 0.1) is 25.0 Å². The highest BCUT2D eigenvalue weighted by molar-refractivity contribution is 5.89. The summed E-state index contributed by atoms with van der Waals surface area (Å²) >= 11 is 0. The second-order valence-electron chi connectivity index (χ2n) is 6.65. The normalized spacial score (nSPS) is 12.6. The van der Waals surface area contributed by atoms with Crippen molar-refractivity contribution in [2.45, 2.75) is 32.7 Å². The lowest BCUT2D eigenvalue weighted by atomic mass is 10.2. The summed E-state index contributed by atoms with van der Waals surface area (Å²) in [6.45, 7) is 2.33. The molecule has 2 aromatic heterocycles. The van der Waals surface area contributed by atoms with Crippen LogP contribution < -0.4 is 10.2 Å². The fourth-order valence-corrected chi connectivity index (χ4v) is 3.43. The molecule has 0 saturated heterocycles. The first-order valence-electron chi connectivity index (χ1n) is 9.34. The maximum Gasteiger partial charge on any atom is 0.343 e. The Bertz CT molecular complexity index is 1050. The maximum atomic E-state index is 12.8.